The van der Waals surface area contributed by atoms with Gasteiger partial charge in [-0.3, -0.25) is 4.57 Å². The molecule has 5 heteroatoms. The van der Waals surface area contributed by atoms with Crippen molar-refractivity contribution < 1.29 is 9.50 Å². The van der Waals surface area contributed by atoms with Crippen LogP contribution in [0.3, 0.4) is 0 Å². The molecule has 1 aromatic heterocycles. The van der Waals surface area contributed by atoms with Crippen LogP contribution in [0.4, 0.5) is 4.39 Å². The van der Waals surface area contributed by atoms with E-state index in [1.54, 1.807) is 12.1 Å². The summed E-state index contributed by atoms with van der Waals surface area (Å²) in [5.41, 5.74) is 4.92. The van der Waals surface area contributed by atoms with Crippen molar-refractivity contribution in [2.75, 3.05) is 6.54 Å². The van der Waals surface area contributed by atoms with E-state index in [9.17, 15) is 9.50 Å². The quantitative estimate of drug-likeness (QED) is 0.546. The zero-order chi connectivity index (χ0) is 18.6. The van der Waals surface area contributed by atoms with Crippen molar-refractivity contribution in [1.29, 1.82) is 0 Å². The van der Waals surface area contributed by atoms with Gasteiger partial charge in [-0.05, 0) is 47.5 Å². The molecule has 0 aliphatic rings. The van der Waals surface area contributed by atoms with Crippen molar-refractivity contribution in [1.82, 2.24) is 14.9 Å². The highest BCUT2D eigenvalue weighted by molar-refractivity contribution is 5.77. The molecule has 0 fully saturated rings. The van der Waals surface area contributed by atoms with E-state index in [-0.39, 0.29) is 5.82 Å². The van der Waals surface area contributed by atoms with E-state index < -0.39 is 6.10 Å². The van der Waals surface area contributed by atoms with Gasteiger partial charge < -0.3 is 10.4 Å². The van der Waals surface area contributed by atoms with Crippen molar-refractivity contribution in [2.24, 2.45) is 0 Å². The molecular weight excluding hydrogens is 341 g/mol. The first-order valence-corrected chi connectivity index (χ1v) is 8.86. The van der Waals surface area contributed by atoms with Gasteiger partial charge in [0.15, 0.2) is 0 Å². The highest BCUT2D eigenvalue weighted by Gasteiger charge is 2.07. The molecule has 0 spiro atoms. The van der Waals surface area contributed by atoms with Crippen molar-refractivity contribution in [3.8, 4) is 5.69 Å². The molecule has 0 bridgehead atoms. The molecule has 0 saturated carbocycles. The third-order valence-corrected chi connectivity index (χ3v) is 4.59. The molecule has 4 rings (SSSR count). The van der Waals surface area contributed by atoms with E-state index in [4.69, 9.17) is 0 Å². The van der Waals surface area contributed by atoms with E-state index in [0.717, 1.165) is 22.3 Å². The monoisotopic (exact) mass is 361 g/mol. The van der Waals surface area contributed by atoms with E-state index >= 15 is 0 Å². The summed E-state index contributed by atoms with van der Waals surface area (Å²) in [6, 6.07) is 22.2. The molecule has 1 heterocycles. The number of fused-ring (bicyclic) bond motifs is 1. The van der Waals surface area contributed by atoms with Gasteiger partial charge in [-0.1, -0.05) is 36.4 Å². The summed E-state index contributed by atoms with van der Waals surface area (Å²) in [6.45, 7) is 1.04. The number of halogens is 1. The van der Waals surface area contributed by atoms with Gasteiger partial charge in [0.05, 0.1) is 17.1 Å². The predicted molar refractivity (Wildman–Crippen MR) is 104 cm³/mol. The minimum absolute atomic E-state index is 0.301. The summed E-state index contributed by atoms with van der Waals surface area (Å²) >= 11 is 0. The van der Waals surface area contributed by atoms with Crippen LogP contribution in [0.1, 0.15) is 17.2 Å². The Morgan fingerprint density at radius 3 is 2.48 bits per heavy atom. The number of rotatable bonds is 6. The third kappa shape index (κ3) is 3.89. The first-order chi connectivity index (χ1) is 13.2. The average Bonchev–Trinajstić information content (AvgIpc) is 3.13. The second kappa shape index (κ2) is 7.70. The fraction of sp³-hybridized carbons (Fsp3) is 0.136. The molecule has 1 atom stereocenters. The number of nitrogens with one attached hydrogen (secondary N) is 1. The Morgan fingerprint density at radius 2 is 1.70 bits per heavy atom. The van der Waals surface area contributed by atoms with Crippen molar-refractivity contribution in [2.45, 2.75) is 12.6 Å². The van der Waals surface area contributed by atoms with Gasteiger partial charge in [0.25, 0.3) is 0 Å². The van der Waals surface area contributed by atoms with E-state index in [2.05, 4.69) is 45.2 Å². The van der Waals surface area contributed by atoms with Crippen LogP contribution in [-0.4, -0.2) is 21.2 Å². The number of hydrogen-bond donors (Lipinski definition) is 2. The summed E-state index contributed by atoms with van der Waals surface area (Å²) in [5, 5.41) is 13.4. The number of benzene rings is 3. The minimum Gasteiger partial charge on any atom is -0.387 e. The summed E-state index contributed by atoms with van der Waals surface area (Å²) in [6.07, 6.45) is 1.17. The number of aliphatic hydroxyl groups excluding tert-OH is 1. The fourth-order valence-electron chi connectivity index (χ4n) is 3.10. The van der Waals surface area contributed by atoms with Crippen molar-refractivity contribution in [3.05, 3.63) is 96.1 Å². The highest BCUT2D eigenvalue weighted by Crippen LogP contribution is 2.18. The summed E-state index contributed by atoms with van der Waals surface area (Å²) in [4.78, 5) is 4.42. The Bertz CT molecular complexity index is 1030. The molecule has 4 aromatic rings. The van der Waals surface area contributed by atoms with E-state index in [0.29, 0.717) is 18.7 Å². The lowest BCUT2D eigenvalue weighted by molar-refractivity contribution is 0.174. The second-order valence-corrected chi connectivity index (χ2v) is 6.47. The van der Waals surface area contributed by atoms with E-state index in [1.165, 1.54) is 12.1 Å². The van der Waals surface area contributed by atoms with Crippen LogP contribution in [0.5, 0.6) is 0 Å². The Morgan fingerprint density at radius 1 is 0.963 bits per heavy atom. The molecule has 0 aliphatic heterocycles. The molecule has 136 valence electrons. The fourth-order valence-corrected chi connectivity index (χ4v) is 3.10. The number of para-hydroxylation sites is 2. The lowest BCUT2D eigenvalue weighted by Crippen LogP contribution is -2.21. The maximum Gasteiger partial charge on any atom is 0.123 e. The molecule has 0 radical (unpaired) electrons. The third-order valence-electron chi connectivity index (χ3n) is 4.59. The maximum absolute atomic E-state index is 12.9. The lowest BCUT2D eigenvalue weighted by atomic mass is 10.1. The number of nitrogens with zero attached hydrogens (tertiary/aromatic N) is 2. The molecule has 2 N–H and O–H groups in total. The van der Waals surface area contributed by atoms with Crippen LogP contribution in [0.25, 0.3) is 16.7 Å². The van der Waals surface area contributed by atoms with Gasteiger partial charge in [0.2, 0.25) is 0 Å². The molecule has 0 saturated heterocycles. The molecule has 0 aliphatic carbocycles. The molecular formula is C22H20FN3O. The first-order valence-electron chi connectivity index (χ1n) is 8.86. The number of aliphatic hydroxyl groups is 1. The largest absolute Gasteiger partial charge is 0.387 e. The molecule has 4 nitrogen and oxygen atoms in total. The van der Waals surface area contributed by atoms with Gasteiger partial charge in [-0.2, -0.15) is 0 Å². The zero-order valence-corrected chi connectivity index (χ0v) is 14.7. The van der Waals surface area contributed by atoms with Crippen LogP contribution in [0.2, 0.25) is 0 Å². The van der Waals surface area contributed by atoms with Crippen molar-refractivity contribution in [3.63, 3.8) is 0 Å². The number of hydrogen-bond acceptors (Lipinski definition) is 3. The van der Waals surface area contributed by atoms with Crippen molar-refractivity contribution >= 4 is 11.0 Å². The Hall–Kier alpha value is -3.02. The summed E-state index contributed by atoms with van der Waals surface area (Å²) in [5.74, 6) is -0.301. The Kier molecular flexibility index (Phi) is 4.96. The topological polar surface area (TPSA) is 50.1 Å². The highest BCUT2D eigenvalue weighted by atomic mass is 19.1. The first kappa shape index (κ1) is 17.4. The minimum atomic E-state index is -0.665. The van der Waals surface area contributed by atoms with Crippen LogP contribution in [0.15, 0.2) is 79.1 Å². The summed E-state index contributed by atoms with van der Waals surface area (Å²) < 4.78 is 15.0. The maximum atomic E-state index is 12.9. The SMILES string of the molecule is OC(CNCc1ccc(-n2cnc3ccccc32)cc1)c1ccc(F)cc1. The van der Waals surface area contributed by atoms with Gasteiger partial charge in [-0.25, -0.2) is 9.37 Å². The van der Waals surface area contributed by atoms with Crippen LogP contribution in [-0.2, 0) is 6.54 Å². The van der Waals surface area contributed by atoms with Gasteiger partial charge in [0, 0.05) is 18.8 Å². The summed E-state index contributed by atoms with van der Waals surface area (Å²) in [7, 11) is 0. The smallest absolute Gasteiger partial charge is 0.123 e. The normalized spacial score (nSPS) is 12.4. The van der Waals surface area contributed by atoms with Crippen LogP contribution in [0, 0.1) is 5.82 Å². The van der Waals surface area contributed by atoms with Gasteiger partial charge >= 0.3 is 0 Å². The van der Waals surface area contributed by atoms with Gasteiger partial charge in [-0.15, -0.1) is 0 Å². The van der Waals surface area contributed by atoms with Crippen LogP contribution >= 0.6 is 0 Å². The van der Waals surface area contributed by atoms with Crippen LogP contribution < -0.4 is 5.32 Å². The number of aromatic nitrogens is 2. The van der Waals surface area contributed by atoms with E-state index in [1.807, 2.05) is 24.5 Å². The Labute approximate surface area is 156 Å². The second-order valence-electron chi connectivity index (χ2n) is 6.47. The molecule has 27 heavy (non-hydrogen) atoms. The molecule has 3 aromatic carbocycles. The lowest BCUT2D eigenvalue weighted by Gasteiger charge is -2.12. The molecule has 1 unspecified atom stereocenters. The number of imidazole rings is 1. The predicted octanol–water partition coefficient (Wildman–Crippen LogP) is 3.99. The Balaban J connectivity index is 1.37. The average molecular weight is 361 g/mol. The standard InChI is InChI=1S/C22H20FN3O/c23-18-9-7-17(8-10-18)22(27)14-24-13-16-5-11-19(12-6-16)26-15-25-20-3-1-2-4-21(20)26/h1-12,15,22,24,27H,13-14H2. The zero-order valence-electron chi connectivity index (χ0n) is 14.7. The van der Waals surface area contributed by atoms with Gasteiger partial charge in [0.1, 0.15) is 12.1 Å². The molecule has 0 amide bonds.